The van der Waals surface area contributed by atoms with Gasteiger partial charge in [-0.2, -0.15) is 0 Å². The van der Waals surface area contributed by atoms with Crippen molar-refractivity contribution in [3.63, 3.8) is 0 Å². The largest absolute Gasteiger partial charge is 0.348 e. The summed E-state index contributed by atoms with van der Waals surface area (Å²) in [6.45, 7) is 0.862. The Hall–Kier alpha value is -1.36. The Kier molecular flexibility index (Phi) is 2.84. The van der Waals surface area contributed by atoms with Crippen LogP contribution < -0.4 is 10.9 Å². The summed E-state index contributed by atoms with van der Waals surface area (Å²) in [5.41, 5.74) is 7.67. The third kappa shape index (κ3) is 2.07. The fourth-order valence-electron chi connectivity index (χ4n) is 2.22. The molecule has 3 N–H and O–H groups in total. The number of aromatic amines is 1. The number of aromatic nitrogens is 2. The molecular weight excluding hydrogens is 236 g/mol. The van der Waals surface area contributed by atoms with Crippen molar-refractivity contribution in [2.75, 3.05) is 6.54 Å². The van der Waals surface area contributed by atoms with Crippen LogP contribution in [0, 0.1) is 0 Å². The molecule has 1 aromatic carbocycles. The zero-order valence-electron chi connectivity index (χ0n) is 9.15. The molecule has 3 rings (SSSR count). The maximum absolute atomic E-state index is 5.90. The number of nitrogens with one attached hydrogen (secondary N) is 3. The van der Waals surface area contributed by atoms with E-state index in [0.717, 1.165) is 17.4 Å². The zero-order chi connectivity index (χ0) is 11.7. The van der Waals surface area contributed by atoms with E-state index >= 15 is 0 Å². The van der Waals surface area contributed by atoms with E-state index in [1.165, 1.54) is 5.56 Å². The number of nitrogens with zero attached hydrogens (tertiary/aromatic N) is 1. The second kappa shape index (κ2) is 4.49. The highest BCUT2D eigenvalue weighted by molar-refractivity contribution is 6.30. The van der Waals surface area contributed by atoms with Gasteiger partial charge in [0.05, 0.1) is 12.0 Å². The van der Waals surface area contributed by atoms with Crippen molar-refractivity contribution in [3.05, 3.63) is 53.1 Å². The van der Waals surface area contributed by atoms with Gasteiger partial charge >= 0.3 is 0 Å². The number of hydrazine groups is 1. The van der Waals surface area contributed by atoms with Crippen LogP contribution in [-0.4, -0.2) is 16.5 Å². The molecule has 0 spiro atoms. The van der Waals surface area contributed by atoms with Crippen LogP contribution in [0.25, 0.3) is 0 Å². The molecule has 1 aliphatic rings. The van der Waals surface area contributed by atoms with Crippen molar-refractivity contribution >= 4 is 11.6 Å². The summed E-state index contributed by atoms with van der Waals surface area (Å²) in [6.07, 6.45) is 3.64. The van der Waals surface area contributed by atoms with Crippen LogP contribution >= 0.6 is 11.6 Å². The standard InChI is InChI=1S/C12H13ClN4/c13-9-3-1-8(2-4-9)11-10(7-16-17-11)12-14-5-6-15-12/h1-6,10-11,16-17H,7H2,(H,14,15). The molecule has 2 unspecified atom stereocenters. The molecule has 1 fully saturated rings. The summed E-state index contributed by atoms with van der Waals surface area (Å²) in [4.78, 5) is 7.50. The predicted octanol–water partition coefficient (Wildman–Crippen LogP) is 2.00. The molecule has 1 saturated heterocycles. The lowest BCUT2D eigenvalue weighted by Gasteiger charge is -2.16. The topological polar surface area (TPSA) is 52.7 Å². The molecule has 0 bridgehead atoms. The molecule has 88 valence electrons. The number of rotatable bonds is 2. The van der Waals surface area contributed by atoms with Crippen LogP contribution in [0.15, 0.2) is 36.7 Å². The SMILES string of the molecule is Clc1ccc(C2NNCC2c2ncc[nH]2)cc1. The molecule has 0 saturated carbocycles. The minimum atomic E-state index is 0.221. The highest BCUT2D eigenvalue weighted by atomic mass is 35.5. The van der Waals surface area contributed by atoms with Crippen LogP contribution in [0.2, 0.25) is 5.02 Å². The minimum absolute atomic E-state index is 0.221. The highest BCUT2D eigenvalue weighted by Gasteiger charge is 2.31. The quantitative estimate of drug-likeness (QED) is 0.762. The van der Waals surface area contributed by atoms with Crippen molar-refractivity contribution < 1.29 is 0 Å². The number of benzene rings is 1. The first-order valence-corrected chi connectivity index (χ1v) is 5.95. The van der Waals surface area contributed by atoms with Gasteiger partial charge in [0, 0.05) is 24.0 Å². The Labute approximate surface area is 104 Å². The van der Waals surface area contributed by atoms with Gasteiger partial charge in [-0.25, -0.2) is 10.4 Å². The molecule has 2 heterocycles. The fourth-order valence-corrected chi connectivity index (χ4v) is 2.34. The Morgan fingerprint density at radius 1 is 1.24 bits per heavy atom. The van der Waals surface area contributed by atoms with Gasteiger partial charge in [0.1, 0.15) is 5.82 Å². The van der Waals surface area contributed by atoms with Crippen molar-refractivity contribution in [2.24, 2.45) is 0 Å². The first-order valence-electron chi connectivity index (χ1n) is 5.58. The lowest BCUT2D eigenvalue weighted by Crippen LogP contribution is -2.24. The average molecular weight is 249 g/mol. The number of hydrogen-bond acceptors (Lipinski definition) is 3. The highest BCUT2D eigenvalue weighted by Crippen LogP contribution is 2.31. The monoisotopic (exact) mass is 248 g/mol. The van der Waals surface area contributed by atoms with Crippen LogP contribution in [0.5, 0.6) is 0 Å². The van der Waals surface area contributed by atoms with Gasteiger partial charge < -0.3 is 4.98 Å². The lowest BCUT2D eigenvalue weighted by molar-refractivity contribution is 0.544. The lowest BCUT2D eigenvalue weighted by atomic mass is 9.94. The zero-order valence-corrected chi connectivity index (χ0v) is 9.91. The Morgan fingerprint density at radius 2 is 2.06 bits per heavy atom. The van der Waals surface area contributed by atoms with E-state index in [9.17, 15) is 0 Å². The van der Waals surface area contributed by atoms with Crippen molar-refractivity contribution in [3.8, 4) is 0 Å². The molecular formula is C12H13ClN4. The summed E-state index contributed by atoms with van der Waals surface area (Å²) < 4.78 is 0. The number of halogens is 1. The second-order valence-corrected chi connectivity index (χ2v) is 4.57. The summed E-state index contributed by atoms with van der Waals surface area (Å²) in [5.74, 6) is 1.31. The Balaban J connectivity index is 1.89. The van der Waals surface area contributed by atoms with Crippen LogP contribution in [0.1, 0.15) is 23.3 Å². The molecule has 2 aromatic rings. The molecule has 17 heavy (non-hydrogen) atoms. The van der Waals surface area contributed by atoms with Gasteiger partial charge in [-0.1, -0.05) is 23.7 Å². The smallest absolute Gasteiger partial charge is 0.112 e. The van der Waals surface area contributed by atoms with Gasteiger partial charge in [-0.3, -0.25) is 5.43 Å². The summed E-state index contributed by atoms with van der Waals surface area (Å²) in [7, 11) is 0. The predicted molar refractivity (Wildman–Crippen MR) is 66.7 cm³/mol. The Bertz CT molecular complexity index is 480. The summed E-state index contributed by atoms with van der Waals surface area (Å²) in [5, 5.41) is 0.759. The molecule has 0 radical (unpaired) electrons. The maximum Gasteiger partial charge on any atom is 0.112 e. The van der Waals surface area contributed by atoms with E-state index in [1.54, 1.807) is 6.20 Å². The Morgan fingerprint density at radius 3 is 2.76 bits per heavy atom. The van der Waals surface area contributed by atoms with E-state index in [-0.39, 0.29) is 6.04 Å². The van der Waals surface area contributed by atoms with Crippen molar-refractivity contribution in [2.45, 2.75) is 12.0 Å². The molecule has 5 heteroatoms. The van der Waals surface area contributed by atoms with Crippen molar-refractivity contribution in [1.29, 1.82) is 0 Å². The molecule has 2 atom stereocenters. The summed E-state index contributed by atoms with van der Waals surface area (Å²) in [6, 6.07) is 8.14. The molecule has 1 aliphatic heterocycles. The molecule has 1 aromatic heterocycles. The van der Waals surface area contributed by atoms with Crippen molar-refractivity contribution in [1.82, 2.24) is 20.8 Å². The minimum Gasteiger partial charge on any atom is -0.348 e. The van der Waals surface area contributed by atoms with Gasteiger partial charge in [-0.15, -0.1) is 0 Å². The molecule has 0 aliphatic carbocycles. The number of hydrogen-bond donors (Lipinski definition) is 3. The number of imidazole rings is 1. The molecule has 4 nitrogen and oxygen atoms in total. The van der Waals surface area contributed by atoms with Gasteiger partial charge in [0.15, 0.2) is 0 Å². The van der Waals surface area contributed by atoms with E-state index in [2.05, 4.69) is 20.8 Å². The third-order valence-electron chi connectivity index (χ3n) is 3.08. The van der Waals surface area contributed by atoms with Crippen LogP contribution in [-0.2, 0) is 0 Å². The summed E-state index contributed by atoms with van der Waals surface area (Å²) >= 11 is 5.90. The van der Waals surface area contributed by atoms with E-state index in [4.69, 9.17) is 11.6 Å². The first-order chi connectivity index (χ1) is 8.34. The third-order valence-corrected chi connectivity index (χ3v) is 3.33. The second-order valence-electron chi connectivity index (χ2n) is 4.14. The average Bonchev–Trinajstić information content (AvgIpc) is 3.00. The van der Waals surface area contributed by atoms with Gasteiger partial charge in [0.2, 0.25) is 0 Å². The normalized spacial score (nSPS) is 24.1. The van der Waals surface area contributed by atoms with E-state index < -0.39 is 0 Å². The molecule has 0 amide bonds. The fraction of sp³-hybridized carbons (Fsp3) is 0.250. The van der Waals surface area contributed by atoms with E-state index in [1.807, 2.05) is 30.5 Å². The van der Waals surface area contributed by atoms with Gasteiger partial charge in [0.25, 0.3) is 0 Å². The first kappa shape index (κ1) is 10.8. The number of H-pyrrole nitrogens is 1. The maximum atomic E-state index is 5.90. The van der Waals surface area contributed by atoms with E-state index in [0.29, 0.717) is 5.92 Å². The van der Waals surface area contributed by atoms with Gasteiger partial charge in [-0.05, 0) is 17.7 Å². The van der Waals surface area contributed by atoms with Crippen LogP contribution in [0.3, 0.4) is 0 Å². The van der Waals surface area contributed by atoms with Crippen LogP contribution in [0.4, 0.5) is 0 Å².